The molecule has 0 aromatic carbocycles. The molecule has 0 radical (unpaired) electrons. The van der Waals surface area contributed by atoms with Gasteiger partial charge in [-0.15, -0.1) is 11.3 Å². The number of nitrogens with one attached hydrogen (secondary N) is 2. The molecule has 2 aromatic heterocycles. The molecule has 2 atom stereocenters. The molecule has 1 fully saturated rings. The van der Waals surface area contributed by atoms with Crippen LogP contribution in [0.1, 0.15) is 23.4 Å². The molecule has 3 heterocycles. The van der Waals surface area contributed by atoms with E-state index in [1.807, 2.05) is 24.4 Å². The topological polar surface area (TPSA) is 83.6 Å². The summed E-state index contributed by atoms with van der Waals surface area (Å²) in [6.07, 6.45) is 3.32. The average molecular weight is 388 g/mol. The lowest BCUT2D eigenvalue weighted by molar-refractivity contribution is -0.140. The quantitative estimate of drug-likeness (QED) is 0.730. The molecule has 144 valence electrons. The predicted molar refractivity (Wildman–Crippen MR) is 103 cm³/mol. The van der Waals surface area contributed by atoms with Crippen molar-refractivity contribution >= 4 is 23.2 Å². The molecule has 3 rings (SSSR count). The minimum absolute atomic E-state index is 0.0176. The van der Waals surface area contributed by atoms with E-state index in [9.17, 15) is 9.59 Å². The standard InChI is InChI=1S/C19H24N4O3S/c1-14(17(16-5-3-11-27-16)23-7-9-26-10-8-23)22-19(25)18(24)21-13-15-4-2-6-20-12-15/h2-6,11-12,14,17H,7-10,13H2,1H3,(H,21,24)(H,22,25)/t14-,17-/m1/s1. The number of nitrogens with zero attached hydrogens (tertiary/aromatic N) is 2. The first kappa shape index (κ1) is 19.5. The molecule has 0 unspecified atom stereocenters. The highest BCUT2D eigenvalue weighted by molar-refractivity contribution is 7.10. The normalized spacial score (nSPS) is 17.1. The van der Waals surface area contributed by atoms with Gasteiger partial charge in [0, 0.05) is 42.9 Å². The summed E-state index contributed by atoms with van der Waals surface area (Å²) in [6, 6.07) is 7.51. The summed E-state index contributed by atoms with van der Waals surface area (Å²) in [5.41, 5.74) is 0.844. The first-order chi connectivity index (χ1) is 13.1. The van der Waals surface area contributed by atoms with Crippen molar-refractivity contribution in [1.29, 1.82) is 0 Å². The monoisotopic (exact) mass is 388 g/mol. The number of thiophene rings is 1. The third kappa shape index (κ3) is 5.35. The van der Waals surface area contributed by atoms with E-state index >= 15 is 0 Å². The lowest BCUT2D eigenvalue weighted by atomic mass is 10.1. The summed E-state index contributed by atoms with van der Waals surface area (Å²) in [5, 5.41) is 7.52. The van der Waals surface area contributed by atoms with Gasteiger partial charge in [-0.05, 0) is 30.0 Å². The molecule has 27 heavy (non-hydrogen) atoms. The molecule has 0 spiro atoms. The number of pyridine rings is 1. The van der Waals surface area contributed by atoms with E-state index in [4.69, 9.17) is 4.74 Å². The van der Waals surface area contributed by atoms with E-state index < -0.39 is 11.8 Å². The maximum atomic E-state index is 12.4. The largest absolute Gasteiger partial charge is 0.379 e. The van der Waals surface area contributed by atoms with Gasteiger partial charge in [-0.3, -0.25) is 19.5 Å². The predicted octanol–water partition coefficient (Wildman–Crippen LogP) is 1.34. The Balaban J connectivity index is 1.59. The Morgan fingerprint density at radius 2 is 2.07 bits per heavy atom. The highest BCUT2D eigenvalue weighted by atomic mass is 32.1. The van der Waals surface area contributed by atoms with Crippen LogP contribution in [-0.2, 0) is 20.9 Å². The second-order valence-electron chi connectivity index (χ2n) is 6.41. The Labute approximate surface area is 162 Å². The Kier molecular flexibility index (Phi) is 6.92. The molecule has 8 heteroatoms. The van der Waals surface area contributed by atoms with Crippen LogP contribution in [-0.4, -0.2) is 54.0 Å². The van der Waals surface area contributed by atoms with Gasteiger partial charge in [0.1, 0.15) is 0 Å². The van der Waals surface area contributed by atoms with E-state index in [1.165, 1.54) is 4.88 Å². The van der Waals surface area contributed by atoms with Crippen molar-refractivity contribution in [2.45, 2.75) is 25.6 Å². The van der Waals surface area contributed by atoms with Crippen molar-refractivity contribution in [2.24, 2.45) is 0 Å². The molecule has 1 aliphatic heterocycles. The molecule has 0 saturated carbocycles. The van der Waals surface area contributed by atoms with Gasteiger partial charge in [-0.1, -0.05) is 12.1 Å². The summed E-state index contributed by atoms with van der Waals surface area (Å²) in [5.74, 6) is -1.26. The number of carbonyl (C=O) groups is 2. The summed E-state index contributed by atoms with van der Waals surface area (Å²) in [7, 11) is 0. The van der Waals surface area contributed by atoms with Crippen molar-refractivity contribution in [3.8, 4) is 0 Å². The van der Waals surface area contributed by atoms with Crippen molar-refractivity contribution in [3.05, 3.63) is 52.5 Å². The second kappa shape index (κ2) is 9.59. The Bertz CT molecular complexity index is 733. The van der Waals surface area contributed by atoms with E-state index in [0.29, 0.717) is 13.2 Å². The van der Waals surface area contributed by atoms with Gasteiger partial charge in [0.2, 0.25) is 0 Å². The molecule has 2 amide bonds. The number of aromatic nitrogens is 1. The van der Waals surface area contributed by atoms with Gasteiger partial charge in [-0.25, -0.2) is 0 Å². The molecule has 1 aliphatic rings. The minimum atomic E-state index is -0.641. The zero-order chi connectivity index (χ0) is 19.1. The number of ether oxygens (including phenoxy) is 1. The number of morpholine rings is 1. The lowest BCUT2D eigenvalue weighted by Crippen LogP contribution is -2.51. The number of rotatable bonds is 6. The third-order valence-corrected chi connectivity index (χ3v) is 5.43. The highest BCUT2D eigenvalue weighted by Crippen LogP contribution is 2.29. The van der Waals surface area contributed by atoms with Crippen LogP contribution in [0.5, 0.6) is 0 Å². The van der Waals surface area contributed by atoms with E-state index in [1.54, 1.807) is 29.8 Å². The lowest BCUT2D eigenvalue weighted by Gasteiger charge is -2.37. The zero-order valence-corrected chi connectivity index (χ0v) is 16.1. The van der Waals surface area contributed by atoms with Gasteiger partial charge in [0.25, 0.3) is 0 Å². The summed E-state index contributed by atoms with van der Waals surface area (Å²) in [6.45, 7) is 5.16. The zero-order valence-electron chi connectivity index (χ0n) is 15.3. The fourth-order valence-corrected chi connectivity index (χ4v) is 4.14. The smallest absolute Gasteiger partial charge is 0.309 e. The van der Waals surface area contributed by atoms with Gasteiger partial charge in [0.05, 0.1) is 19.3 Å². The third-order valence-electron chi connectivity index (χ3n) is 4.49. The van der Waals surface area contributed by atoms with Gasteiger partial charge < -0.3 is 15.4 Å². The Morgan fingerprint density at radius 3 is 2.74 bits per heavy atom. The molecule has 0 aliphatic carbocycles. The first-order valence-electron chi connectivity index (χ1n) is 8.98. The molecule has 2 aromatic rings. The van der Waals surface area contributed by atoms with Crippen molar-refractivity contribution < 1.29 is 14.3 Å². The summed E-state index contributed by atoms with van der Waals surface area (Å²) < 4.78 is 5.45. The average Bonchev–Trinajstić information content (AvgIpc) is 3.22. The second-order valence-corrected chi connectivity index (χ2v) is 7.39. The minimum Gasteiger partial charge on any atom is -0.379 e. The molecular weight excluding hydrogens is 364 g/mol. The number of hydrogen-bond donors (Lipinski definition) is 2. The van der Waals surface area contributed by atoms with Crippen LogP contribution in [0.4, 0.5) is 0 Å². The number of carbonyl (C=O) groups excluding carboxylic acids is 2. The molecule has 1 saturated heterocycles. The van der Waals surface area contributed by atoms with Gasteiger partial charge >= 0.3 is 11.8 Å². The molecule has 2 N–H and O–H groups in total. The first-order valence-corrected chi connectivity index (χ1v) is 9.86. The SMILES string of the molecule is C[C@@H](NC(=O)C(=O)NCc1cccnc1)[C@H](c1cccs1)N1CCOCC1. The Morgan fingerprint density at radius 1 is 1.26 bits per heavy atom. The molecular formula is C19H24N4O3S. The van der Waals surface area contributed by atoms with Crippen LogP contribution in [0.25, 0.3) is 0 Å². The van der Waals surface area contributed by atoms with Crippen molar-refractivity contribution in [3.63, 3.8) is 0 Å². The fourth-order valence-electron chi connectivity index (χ4n) is 3.17. The Hall–Kier alpha value is -2.29. The number of hydrogen-bond acceptors (Lipinski definition) is 6. The number of amides is 2. The van der Waals surface area contributed by atoms with E-state index in [2.05, 4.69) is 26.6 Å². The molecule has 7 nitrogen and oxygen atoms in total. The van der Waals surface area contributed by atoms with Crippen LogP contribution >= 0.6 is 11.3 Å². The highest BCUT2D eigenvalue weighted by Gasteiger charge is 2.30. The van der Waals surface area contributed by atoms with Crippen LogP contribution < -0.4 is 10.6 Å². The van der Waals surface area contributed by atoms with Gasteiger partial charge in [0.15, 0.2) is 0 Å². The summed E-state index contributed by atoms with van der Waals surface area (Å²) in [4.78, 5) is 32.0. The summed E-state index contributed by atoms with van der Waals surface area (Å²) >= 11 is 1.65. The van der Waals surface area contributed by atoms with Crippen LogP contribution in [0, 0.1) is 0 Å². The fraction of sp³-hybridized carbons (Fsp3) is 0.421. The van der Waals surface area contributed by atoms with Crippen LogP contribution in [0.2, 0.25) is 0 Å². The van der Waals surface area contributed by atoms with Crippen LogP contribution in [0.15, 0.2) is 42.0 Å². The van der Waals surface area contributed by atoms with Crippen LogP contribution in [0.3, 0.4) is 0 Å². The maximum absolute atomic E-state index is 12.4. The van der Waals surface area contributed by atoms with E-state index in [-0.39, 0.29) is 18.6 Å². The molecule has 0 bridgehead atoms. The maximum Gasteiger partial charge on any atom is 0.309 e. The van der Waals surface area contributed by atoms with Gasteiger partial charge in [-0.2, -0.15) is 0 Å². The van der Waals surface area contributed by atoms with E-state index in [0.717, 1.165) is 18.7 Å². The van der Waals surface area contributed by atoms with Crippen molar-refractivity contribution in [2.75, 3.05) is 26.3 Å². The van der Waals surface area contributed by atoms with Crippen molar-refractivity contribution in [1.82, 2.24) is 20.5 Å².